The monoisotopic (exact) mass is 415 g/mol. The number of nitrogens with zero attached hydrogens (tertiary/aromatic N) is 2. The minimum Gasteiger partial charge on any atom is -0.497 e. The van der Waals surface area contributed by atoms with E-state index in [0.29, 0.717) is 5.56 Å². The summed E-state index contributed by atoms with van der Waals surface area (Å²) in [5, 5.41) is 11.9. The summed E-state index contributed by atoms with van der Waals surface area (Å²) in [5.74, 6) is 6.34. The number of hydrogen-bond acceptors (Lipinski definition) is 4. The molecule has 7 heteroatoms. The van der Waals surface area contributed by atoms with Crippen LogP contribution in [0, 0.1) is 5.41 Å². The number of hydrogen-bond donors (Lipinski definition) is 3. The quantitative estimate of drug-likeness (QED) is 0.436. The number of nitrogen functional groups attached to an aromatic ring is 1. The first-order chi connectivity index (χ1) is 14.9. The fourth-order valence-electron chi connectivity index (χ4n) is 3.69. The van der Waals surface area contributed by atoms with E-state index in [1.165, 1.54) is 4.68 Å². The molecule has 2 aromatic heterocycles. The Bertz CT molecular complexity index is 1320. The van der Waals surface area contributed by atoms with E-state index in [2.05, 4.69) is 5.32 Å². The standard InChI is InChI=1S/C24H25N5O2/c1-15(16-4-7-19(31-3)8-5-16)27-24(30)21-14-28(2)22-9-6-17(12-20(21)22)18-10-11-29(26)23(25)13-18/h4-15,25H,26H2,1-3H3,(H,27,30). The van der Waals surface area contributed by atoms with Crippen molar-refractivity contribution in [3.8, 4) is 16.9 Å². The number of nitrogens with one attached hydrogen (secondary N) is 2. The fourth-order valence-corrected chi connectivity index (χ4v) is 3.69. The van der Waals surface area contributed by atoms with Crippen LogP contribution in [-0.2, 0) is 7.05 Å². The lowest BCUT2D eigenvalue weighted by Crippen LogP contribution is -2.26. The number of aromatic nitrogens is 2. The van der Waals surface area contributed by atoms with Crippen molar-refractivity contribution in [2.24, 2.45) is 7.05 Å². The number of amides is 1. The molecule has 4 aromatic rings. The zero-order valence-corrected chi connectivity index (χ0v) is 17.7. The maximum absolute atomic E-state index is 13.1. The Morgan fingerprint density at radius 3 is 2.48 bits per heavy atom. The number of fused-ring (bicyclic) bond motifs is 1. The van der Waals surface area contributed by atoms with Gasteiger partial charge in [0.25, 0.3) is 5.91 Å². The number of nitrogens with two attached hydrogens (primary N) is 1. The van der Waals surface area contributed by atoms with Crippen LogP contribution >= 0.6 is 0 Å². The van der Waals surface area contributed by atoms with Crippen molar-refractivity contribution in [2.75, 3.05) is 13.0 Å². The van der Waals surface area contributed by atoms with Crippen LogP contribution in [0.2, 0.25) is 0 Å². The third kappa shape index (κ3) is 3.90. The highest BCUT2D eigenvalue weighted by atomic mass is 16.5. The lowest BCUT2D eigenvalue weighted by Gasteiger charge is -2.14. The maximum atomic E-state index is 13.1. The molecule has 0 spiro atoms. The van der Waals surface area contributed by atoms with Crippen LogP contribution in [0.4, 0.5) is 0 Å². The van der Waals surface area contributed by atoms with Crippen molar-refractivity contribution in [3.05, 3.63) is 83.6 Å². The molecule has 0 bridgehead atoms. The Morgan fingerprint density at radius 2 is 1.81 bits per heavy atom. The van der Waals surface area contributed by atoms with Crippen LogP contribution in [0.25, 0.3) is 22.0 Å². The van der Waals surface area contributed by atoms with Gasteiger partial charge in [-0.05, 0) is 60.0 Å². The summed E-state index contributed by atoms with van der Waals surface area (Å²) in [7, 11) is 3.55. The van der Waals surface area contributed by atoms with Gasteiger partial charge in [0.05, 0.1) is 18.7 Å². The molecule has 1 unspecified atom stereocenters. The zero-order valence-electron chi connectivity index (χ0n) is 17.7. The van der Waals surface area contributed by atoms with E-state index in [9.17, 15) is 4.79 Å². The summed E-state index contributed by atoms with van der Waals surface area (Å²) in [6.07, 6.45) is 3.50. The minimum absolute atomic E-state index is 0.139. The molecule has 0 fully saturated rings. The molecule has 0 aliphatic rings. The van der Waals surface area contributed by atoms with Gasteiger partial charge in [-0.15, -0.1) is 0 Å². The first-order valence-corrected chi connectivity index (χ1v) is 9.94. The highest BCUT2D eigenvalue weighted by molar-refractivity contribution is 6.08. The van der Waals surface area contributed by atoms with Crippen molar-refractivity contribution in [2.45, 2.75) is 13.0 Å². The second kappa shape index (κ2) is 8.02. The van der Waals surface area contributed by atoms with Crippen molar-refractivity contribution in [1.29, 1.82) is 5.41 Å². The summed E-state index contributed by atoms with van der Waals surface area (Å²) < 4.78 is 8.40. The molecule has 0 saturated heterocycles. The predicted octanol–water partition coefficient (Wildman–Crippen LogP) is 3.34. The van der Waals surface area contributed by atoms with Crippen LogP contribution < -0.4 is 21.4 Å². The lowest BCUT2D eigenvalue weighted by molar-refractivity contribution is 0.0941. The number of carbonyl (C=O) groups excluding carboxylic acids is 1. The SMILES string of the molecule is COc1ccc(C(C)NC(=O)c2cn(C)c3ccc(-c4ccn(N)c(=N)c4)cc23)cc1. The van der Waals surface area contributed by atoms with Crippen molar-refractivity contribution < 1.29 is 9.53 Å². The molecule has 0 aliphatic carbocycles. The maximum Gasteiger partial charge on any atom is 0.253 e. The summed E-state index contributed by atoms with van der Waals surface area (Å²) in [6, 6.07) is 17.0. The van der Waals surface area contributed by atoms with Gasteiger partial charge in [0.15, 0.2) is 0 Å². The van der Waals surface area contributed by atoms with Crippen LogP contribution in [0.3, 0.4) is 0 Å². The summed E-state index contributed by atoms with van der Waals surface area (Å²) in [6.45, 7) is 1.96. The van der Waals surface area contributed by atoms with Gasteiger partial charge >= 0.3 is 0 Å². The molecule has 4 N–H and O–H groups in total. The van der Waals surface area contributed by atoms with E-state index in [-0.39, 0.29) is 17.4 Å². The number of benzene rings is 2. The number of pyridine rings is 1. The second-order valence-corrected chi connectivity index (χ2v) is 7.56. The lowest BCUT2D eigenvalue weighted by atomic mass is 10.0. The molecular weight excluding hydrogens is 390 g/mol. The highest BCUT2D eigenvalue weighted by Gasteiger charge is 2.17. The van der Waals surface area contributed by atoms with Crippen molar-refractivity contribution in [1.82, 2.24) is 14.6 Å². The molecule has 1 amide bonds. The third-order valence-electron chi connectivity index (χ3n) is 5.52. The highest BCUT2D eigenvalue weighted by Crippen LogP contribution is 2.28. The van der Waals surface area contributed by atoms with Crippen LogP contribution in [0.1, 0.15) is 28.9 Å². The average molecular weight is 415 g/mol. The van der Waals surface area contributed by atoms with E-state index >= 15 is 0 Å². The Hall–Kier alpha value is -4.00. The topological polar surface area (TPSA) is 98.1 Å². The van der Waals surface area contributed by atoms with Gasteiger partial charge in [-0.2, -0.15) is 0 Å². The van der Waals surface area contributed by atoms with Gasteiger partial charge in [-0.25, -0.2) is 0 Å². The molecule has 0 saturated carbocycles. The normalized spacial score (nSPS) is 12.0. The van der Waals surface area contributed by atoms with Gasteiger partial charge in [0, 0.05) is 30.3 Å². The molecule has 158 valence electrons. The van der Waals surface area contributed by atoms with Crippen LogP contribution in [0.15, 0.2) is 67.0 Å². The van der Waals surface area contributed by atoms with Gasteiger partial charge in [-0.3, -0.25) is 14.9 Å². The summed E-state index contributed by atoms with van der Waals surface area (Å²) >= 11 is 0. The van der Waals surface area contributed by atoms with Gasteiger partial charge in [-0.1, -0.05) is 18.2 Å². The molecular formula is C24H25N5O2. The molecule has 1 atom stereocenters. The van der Waals surface area contributed by atoms with Gasteiger partial charge < -0.3 is 20.5 Å². The van der Waals surface area contributed by atoms with Crippen LogP contribution in [-0.4, -0.2) is 22.3 Å². The number of carbonyl (C=O) groups is 1. The third-order valence-corrected chi connectivity index (χ3v) is 5.52. The Kier molecular flexibility index (Phi) is 5.25. The smallest absolute Gasteiger partial charge is 0.253 e. The molecule has 0 aliphatic heterocycles. The average Bonchev–Trinajstić information content (AvgIpc) is 3.11. The van der Waals surface area contributed by atoms with E-state index < -0.39 is 0 Å². The number of rotatable bonds is 5. The Labute approximate surface area is 180 Å². The van der Waals surface area contributed by atoms with Crippen LogP contribution in [0.5, 0.6) is 5.75 Å². The number of aryl methyl sites for hydroxylation is 1. The summed E-state index contributed by atoms with van der Waals surface area (Å²) in [4.78, 5) is 13.1. The summed E-state index contributed by atoms with van der Waals surface area (Å²) in [5.41, 5.74) is 4.56. The molecule has 2 aromatic carbocycles. The molecule has 7 nitrogen and oxygen atoms in total. The number of methoxy groups -OCH3 is 1. The van der Waals surface area contributed by atoms with Gasteiger partial charge in [0.2, 0.25) is 0 Å². The zero-order chi connectivity index (χ0) is 22.1. The van der Waals surface area contributed by atoms with E-state index in [1.807, 2.05) is 73.3 Å². The molecule has 2 heterocycles. The first-order valence-electron chi connectivity index (χ1n) is 9.94. The minimum atomic E-state index is -0.156. The second-order valence-electron chi connectivity index (χ2n) is 7.56. The van der Waals surface area contributed by atoms with E-state index in [0.717, 1.165) is 33.3 Å². The predicted molar refractivity (Wildman–Crippen MR) is 121 cm³/mol. The fraction of sp³-hybridized carbons (Fsp3) is 0.167. The number of ether oxygens (including phenoxy) is 1. The first kappa shape index (κ1) is 20.3. The van der Waals surface area contributed by atoms with Gasteiger partial charge in [0.1, 0.15) is 11.2 Å². The Balaban J connectivity index is 1.66. The molecule has 4 rings (SSSR count). The molecule has 31 heavy (non-hydrogen) atoms. The van der Waals surface area contributed by atoms with E-state index in [1.54, 1.807) is 19.4 Å². The van der Waals surface area contributed by atoms with E-state index in [4.69, 9.17) is 16.0 Å². The Morgan fingerprint density at radius 1 is 1.10 bits per heavy atom. The van der Waals surface area contributed by atoms with Crippen molar-refractivity contribution >= 4 is 16.8 Å². The largest absolute Gasteiger partial charge is 0.497 e. The van der Waals surface area contributed by atoms with Crippen molar-refractivity contribution in [3.63, 3.8) is 0 Å². The molecule has 0 radical (unpaired) electrons.